The minimum absolute atomic E-state index is 0.749. The monoisotopic (exact) mass is 339 g/mol. The van der Waals surface area contributed by atoms with E-state index in [0.717, 1.165) is 56.5 Å². The van der Waals surface area contributed by atoms with Crippen molar-refractivity contribution >= 4 is 16.6 Å². The fourth-order valence-corrected chi connectivity index (χ4v) is 4.38. The second-order valence-electron chi connectivity index (χ2n) is 7.56. The number of hydrogen-bond donors (Lipinski definition) is 0. The normalized spacial score (nSPS) is 22.5. The standard InChI is InChI=1S/C21H29N3O/c1-16-17(2)22-20-8-4-3-7-19(20)21(16)24-9-5-6-18(15-24)14-23-10-12-25-13-11-23/h3-4,7-8,18H,5-6,9-15H2,1-2H3/t18-/m1/s1. The van der Waals surface area contributed by atoms with Gasteiger partial charge in [0, 0.05) is 43.8 Å². The van der Waals surface area contributed by atoms with Crippen molar-refractivity contribution in [3.63, 3.8) is 0 Å². The first-order valence-corrected chi connectivity index (χ1v) is 9.63. The third kappa shape index (κ3) is 3.51. The predicted octanol–water partition coefficient (Wildman–Crippen LogP) is 3.40. The lowest BCUT2D eigenvalue weighted by molar-refractivity contribution is 0.0296. The van der Waals surface area contributed by atoms with Crippen LogP contribution in [0.3, 0.4) is 0 Å². The number of ether oxygens (including phenoxy) is 1. The van der Waals surface area contributed by atoms with E-state index in [0.29, 0.717) is 0 Å². The molecule has 25 heavy (non-hydrogen) atoms. The summed E-state index contributed by atoms with van der Waals surface area (Å²) in [4.78, 5) is 10.0. The zero-order valence-corrected chi connectivity index (χ0v) is 15.5. The van der Waals surface area contributed by atoms with Crippen molar-refractivity contribution in [2.75, 3.05) is 50.8 Å². The highest BCUT2D eigenvalue weighted by Gasteiger charge is 2.25. The number of anilines is 1. The number of pyridine rings is 1. The van der Waals surface area contributed by atoms with Gasteiger partial charge in [-0.2, -0.15) is 0 Å². The Labute approximate surface area is 150 Å². The van der Waals surface area contributed by atoms with Crippen molar-refractivity contribution in [3.05, 3.63) is 35.5 Å². The van der Waals surface area contributed by atoms with Crippen LogP contribution in [0.2, 0.25) is 0 Å². The number of nitrogens with zero attached hydrogens (tertiary/aromatic N) is 3. The first kappa shape index (κ1) is 16.8. The molecule has 2 aliphatic heterocycles. The number of aryl methyl sites for hydroxylation is 1. The molecule has 2 aromatic rings. The highest BCUT2D eigenvalue weighted by molar-refractivity contribution is 5.93. The lowest BCUT2D eigenvalue weighted by atomic mass is 9.95. The number of piperidine rings is 1. The molecule has 2 fully saturated rings. The average molecular weight is 339 g/mol. The first-order valence-electron chi connectivity index (χ1n) is 9.63. The minimum Gasteiger partial charge on any atom is -0.379 e. The van der Waals surface area contributed by atoms with Gasteiger partial charge in [0.05, 0.1) is 24.4 Å². The summed E-state index contributed by atoms with van der Waals surface area (Å²) in [5, 5.41) is 1.30. The lowest BCUT2D eigenvalue weighted by Gasteiger charge is -2.39. The van der Waals surface area contributed by atoms with E-state index in [4.69, 9.17) is 9.72 Å². The Hall–Kier alpha value is -1.65. The average Bonchev–Trinajstić information content (AvgIpc) is 2.64. The van der Waals surface area contributed by atoms with Gasteiger partial charge in [-0.25, -0.2) is 0 Å². The van der Waals surface area contributed by atoms with Crippen LogP contribution in [0.15, 0.2) is 24.3 Å². The Kier molecular flexibility index (Phi) is 4.91. The van der Waals surface area contributed by atoms with Crippen molar-refractivity contribution < 1.29 is 4.74 Å². The molecule has 134 valence electrons. The molecule has 2 aliphatic rings. The number of hydrogen-bond acceptors (Lipinski definition) is 4. The number of fused-ring (bicyclic) bond motifs is 1. The van der Waals surface area contributed by atoms with Gasteiger partial charge in [-0.1, -0.05) is 18.2 Å². The number of aromatic nitrogens is 1. The molecule has 1 atom stereocenters. The molecule has 0 unspecified atom stereocenters. The summed E-state index contributed by atoms with van der Waals surface area (Å²) in [6.07, 6.45) is 2.62. The summed E-state index contributed by atoms with van der Waals surface area (Å²) in [5.41, 5.74) is 5.03. The molecule has 1 aromatic carbocycles. The van der Waals surface area contributed by atoms with Crippen LogP contribution in [-0.4, -0.2) is 55.8 Å². The molecule has 0 saturated carbocycles. The molecule has 4 rings (SSSR count). The van der Waals surface area contributed by atoms with Crippen LogP contribution in [-0.2, 0) is 4.74 Å². The fraction of sp³-hybridized carbons (Fsp3) is 0.571. The highest BCUT2D eigenvalue weighted by atomic mass is 16.5. The van der Waals surface area contributed by atoms with Crippen LogP contribution in [0, 0.1) is 19.8 Å². The van der Waals surface area contributed by atoms with Crippen LogP contribution < -0.4 is 4.90 Å². The second kappa shape index (κ2) is 7.30. The molecule has 3 heterocycles. The molecule has 0 aliphatic carbocycles. The van der Waals surface area contributed by atoms with Gasteiger partial charge in [-0.05, 0) is 44.2 Å². The van der Waals surface area contributed by atoms with E-state index < -0.39 is 0 Å². The molecule has 1 aromatic heterocycles. The number of rotatable bonds is 3. The maximum Gasteiger partial charge on any atom is 0.0726 e. The molecule has 4 heteroatoms. The van der Waals surface area contributed by atoms with Gasteiger partial charge in [0.15, 0.2) is 0 Å². The molecule has 0 bridgehead atoms. The van der Waals surface area contributed by atoms with Gasteiger partial charge < -0.3 is 9.64 Å². The molecule has 0 radical (unpaired) electrons. The fourth-order valence-electron chi connectivity index (χ4n) is 4.38. The Bertz CT molecular complexity index is 739. The number of benzene rings is 1. The maximum absolute atomic E-state index is 5.50. The van der Waals surface area contributed by atoms with E-state index >= 15 is 0 Å². The predicted molar refractivity (Wildman–Crippen MR) is 103 cm³/mol. The van der Waals surface area contributed by atoms with Crippen LogP contribution in [0.4, 0.5) is 5.69 Å². The van der Waals surface area contributed by atoms with Crippen molar-refractivity contribution in [1.82, 2.24) is 9.88 Å². The number of para-hydroxylation sites is 1. The van der Waals surface area contributed by atoms with E-state index in [-0.39, 0.29) is 0 Å². The second-order valence-corrected chi connectivity index (χ2v) is 7.56. The molecule has 4 nitrogen and oxygen atoms in total. The lowest BCUT2D eigenvalue weighted by Crippen LogP contribution is -2.44. The zero-order valence-electron chi connectivity index (χ0n) is 15.5. The van der Waals surface area contributed by atoms with Crippen LogP contribution in [0.25, 0.3) is 10.9 Å². The van der Waals surface area contributed by atoms with Crippen molar-refractivity contribution in [3.8, 4) is 0 Å². The first-order chi connectivity index (χ1) is 12.2. The molecular weight excluding hydrogens is 310 g/mol. The molecule has 0 N–H and O–H groups in total. The van der Waals surface area contributed by atoms with Crippen LogP contribution in [0.1, 0.15) is 24.1 Å². The summed E-state index contributed by atoms with van der Waals surface area (Å²) in [7, 11) is 0. The third-order valence-corrected chi connectivity index (χ3v) is 5.80. The molecule has 0 spiro atoms. The largest absolute Gasteiger partial charge is 0.379 e. The zero-order chi connectivity index (χ0) is 17.2. The summed E-state index contributed by atoms with van der Waals surface area (Å²) in [6.45, 7) is 11.9. The smallest absolute Gasteiger partial charge is 0.0726 e. The highest BCUT2D eigenvalue weighted by Crippen LogP contribution is 2.34. The molecule has 0 amide bonds. The number of morpholine rings is 1. The topological polar surface area (TPSA) is 28.6 Å². The summed E-state index contributed by atoms with van der Waals surface area (Å²) in [5.74, 6) is 0.749. The summed E-state index contributed by atoms with van der Waals surface area (Å²) in [6, 6.07) is 8.60. The molecular formula is C21H29N3O. The Balaban J connectivity index is 1.58. The van der Waals surface area contributed by atoms with E-state index in [9.17, 15) is 0 Å². The van der Waals surface area contributed by atoms with Crippen molar-refractivity contribution in [2.45, 2.75) is 26.7 Å². The van der Waals surface area contributed by atoms with E-state index in [1.165, 1.54) is 36.0 Å². The van der Waals surface area contributed by atoms with Crippen molar-refractivity contribution in [2.24, 2.45) is 5.92 Å². The van der Waals surface area contributed by atoms with Crippen LogP contribution >= 0.6 is 0 Å². The summed E-state index contributed by atoms with van der Waals surface area (Å²) < 4.78 is 5.50. The van der Waals surface area contributed by atoms with Crippen molar-refractivity contribution in [1.29, 1.82) is 0 Å². The van der Waals surface area contributed by atoms with Gasteiger partial charge in [0.1, 0.15) is 0 Å². The van der Waals surface area contributed by atoms with Gasteiger partial charge in [0.2, 0.25) is 0 Å². The Morgan fingerprint density at radius 2 is 1.92 bits per heavy atom. The van der Waals surface area contributed by atoms with Gasteiger partial charge in [0.25, 0.3) is 0 Å². The SMILES string of the molecule is Cc1nc2ccccc2c(N2CCC[C@H](CN3CCOCC3)C2)c1C. The Morgan fingerprint density at radius 3 is 2.76 bits per heavy atom. The quantitative estimate of drug-likeness (QED) is 0.857. The Morgan fingerprint density at radius 1 is 1.12 bits per heavy atom. The maximum atomic E-state index is 5.50. The third-order valence-electron chi connectivity index (χ3n) is 5.80. The van der Waals surface area contributed by atoms with E-state index in [1.54, 1.807) is 0 Å². The minimum atomic E-state index is 0.749. The molecule has 2 saturated heterocycles. The van der Waals surface area contributed by atoms with E-state index in [1.807, 2.05) is 0 Å². The summed E-state index contributed by atoms with van der Waals surface area (Å²) >= 11 is 0. The van der Waals surface area contributed by atoms with Gasteiger partial charge in [-0.15, -0.1) is 0 Å². The van der Waals surface area contributed by atoms with E-state index in [2.05, 4.69) is 47.9 Å². The van der Waals surface area contributed by atoms with Gasteiger partial charge >= 0.3 is 0 Å². The van der Waals surface area contributed by atoms with Gasteiger partial charge in [-0.3, -0.25) is 9.88 Å². The van der Waals surface area contributed by atoms with Crippen LogP contribution in [0.5, 0.6) is 0 Å².